The number of benzene rings is 1. The van der Waals surface area contributed by atoms with Gasteiger partial charge in [-0.05, 0) is 26.0 Å². The fourth-order valence-electron chi connectivity index (χ4n) is 2.50. The Balaban J connectivity index is 1.79. The number of nitrogens with zero attached hydrogens (tertiary/aromatic N) is 2. The van der Waals surface area contributed by atoms with Gasteiger partial charge in [0, 0.05) is 23.4 Å². The van der Waals surface area contributed by atoms with Crippen LogP contribution in [0.3, 0.4) is 0 Å². The van der Waals surface area contributed by atoms with Crippen LogP contribution in [-0.4, -0.2) is 21.2 Å². The predicted molar refractivity (Wildman–Crippen MR) is 92.4 cm³/mol. The first kappa shape index (κ1) is 16.1. The Morgan fingerprint density at radius 2 is 2.17 bits per heavy atom. The van der Waals surface area contributed by atoms with Crippen molar-refractivity contribution in [2.24, 2.45) is 0 Å². The van der Waals surface area contributed by atoms with Crippen LogP contribution in [0.15, 0.2) is 34.2 Å². The Kier molecular flexibility index (Phi) is 4.46. The molecule has 0 spiro atoms. The van der Waals surface area contributed by atoms with Crippen molar-refractivity contribution < 1.29 is 4.79 Å². The zero-order valence-corrected chi connectivity index (χ0v) is 14.4. The van der Waals surface area contributed by atoms with Crippen LogP contribution in [0.1, 0.15) is 23.7 Å². The van der Waals surface area contributed by atoms with Crippen LogP contribution in [0.2, 0.25) is 5.02 Å². The molecule has 1 unspecified atom stereocenters. The van der Waals surface area contributed by atoms with Crippen molar-refractivity contribution in [3.05, 3.63) is 50.9 Å². The highest BCUT2D eigenvalue weighted by atomic mass is 35.5. The van der Waals surface area contributed by atoms with Crippen molar-refractivity contribution in [2.45, 2.75) is 31.5 Å². The van der Waals surface area contributed by atoms with Crippen LogP contribution >= 0.6 is 23.4 Å². The third kappa shape index (κ3) is 3.14. The van der Waals surface area contributed by atoms with Crippen molar-refractivity contribution >= 4 is 35.0 Å². The molecule has 0 fully saturated rings. The van der Waals surface area contributed by atoms with E-state index in [0.717, 1.165) is 5.69 Å². The summed E-state index contributed by atoms with van der Waals surface area (Å²) in [6.07, 6.45) is 0.218. The van der Waals surface area contributed by atoms with Gasteiger partial charge in [0.1, 0.15) is 0 Å². The number of hydrogen-bond acceptors (Lipinski definition) is 4. The highest BCUT2D eigenvalue weighted by Crippen LogP contribution is 2.33. The van der Waals surface area contributed by atoms with Crippen LogP contribution in [-0.2, 0) is 4.79 Å². The summed E-state index contributed by atoms with van der Waals surface area (Å²) in [6, 6.07) is 6.90. The molecule has 1 aliphatic heterocycles. The average molecular weight is 350 g/mol. The zero-order chi connectivity index (χ0) is 16.6. The second-order valence-electron chi connectivity index (χ2n) is 5.48. The van der Waals surface area contributed by atoms with Crippen LogP contribution in [0.25, 0.3) is 0 Å². The highest BCUT2D eigenvalue weighted by molar-refractivity contribution is 7.99. The molecule has 0 aliphatic carbocycles. The van der Waals surface area contributed by atoms with Gasteiger partial charge >= 0.3 is 0 Å². The lowest BCUT2D eigenvalue weighted by Crippen LogP contribution is -2.29. The molecule has 3 rings (SSSR count). The summed E-state index contributed by atoms with van der Waals surface area (Å²) in [5.41, 5.74) is 1.89. The molecule has 2 aromatic rings. The van der Waals surface area contributed by atoms with Crippen LogP contribution in [0.5, 0.6) is 0 Å². The predicted octanol–water partition coefficient (Wildman–Crippen LogP) is 3.19. The van der Waals surface area contributed by atoms with Gasteiger partial charge in [-0.25, -0.2) is 4.98 Å². The van der Waals surface area contributed by atoms with E-state index in [-0.39, 0.29) is 23.9 Å². The molecule has 0 bridgehead atoms. The maximum atomic E-state index is 12.4. The van der Waals surface area contributed by atoms with E-state index < -0.39 is 0 Å². The van der Waals surface area contributed by atoms with Gasteiger partial charge in [-0.2, -0.15) is 0 Å². The number of para-hydroxylation sites is 1. The second-order valence-corrected chi connectivity index (χ2v) is 6.87. The van der Waals surface area contributed by atoms with Gasteiger partial charge in [-0.1, -0.05) is 35.5 Å². The smallest absolute Gasteiger partial charge is 0.257 e. The number of anilines is 1. The first-order chi connectivity index (χ1) is 11.0. The minimum atomic E-state index is -0.184. The molecule has 1 atom stereocenters. The van der Waals surface area contributed by atoms with Crippen molar-refractivity contribution in [1.29, 1.82) is 0 Å². The van der Waals surface area contributed by atoms with Crippen LogP contribution in [0.4, 0.5) is 5.69 Å². The molecule has 7 heteroatoms. The van der Waals surface area contributed by atoms with E-state index in [9.17, 15) is 9.59 Å². The monoisotopic (exact) mass is 349 g/mol. The highest BCUT2D eigenvalue weighted by Gasteiger charge is 2.28. The van der Waals surface area contributed by atoms with E-state index in [4.69, 9.17) is 11.6 Å². The largest absolute Gasteiger partial charge is 0.325 e. The van der Waals surface area contributed by atoms with Crippen molar-refractivity contribution in [3.8, 4) is 0 Å². The lowest BCUT2D eigenvalue weighted by atomic mass is 10.2. The number of carbonyl (C=O) groups excluding carboxylic acids is 1. The summed E-state index contributed by atoms with van der Waals surface area (Å²) in [6.45, 7) is 3.59. The number of thioether (sulfide) groups is 1. The quantitative estimate of drug-likeness (QED) is 0.864. The van der Waals surface area contributed by atoms with E-state index in [0.29, 0.717) is 27.2 Å². The third-order valence-corrected chi connectivity index (χ3v) is 5.32. The lowest BCUT2D eigenvalue weighted by Gasteiger charge is -2.14. The summed E-state index contributed by atoms with van der Waals surface area (Å²) >= 11 is 7.56. The third-order valence-electron chi connectivity index (χ3n) is 3.89. The van der Waals surface area contributed by atoms with Gasteiger partial charge in [0.25, 0.3) is 5.56 Å². The topological polar surface area (TPSA) is 64.0 Å². The lowest BCUT2D eigenvalue weighted by molar-refractivity contribution is -0.116. The van der Waals surface area contributed by atoms with E-state index in [1.165, 1.54) is 11.8 Å². The molecule has 5 nitrogen and oxygen atoms in total. The molecule has 1 N–H and O–H groups in total. The van der Waals surface area contributed by atoms with Gasteiger partial charge < -0.3 is 5.32 Å². The molecule has 0 radical (unpaired) electrons. The zero-order valence-electron chi connectivity index (χ0n) is 12.8. The Labute approximate surface area is 143 Å². The minimum Gasteiger partial charge on any atom is -0.325 e. The summed E-state index contributed by atoms with van der Waals surface area (Å²) < 4.78 is 1.64. The Bertz CT molecular complexity index is 835. The standard InChI is InChI=1S/C16H16ClN3O2S/c1-9-10(2)18-16-20(15(9)22)11(8-23-16)7-14(21)19-13-6-4-3-5-12(13)17/h3-6,11H,7-8H2,1-2H3,(H,19,21). The fraction of sp³-hybridized carbons (Fsp3) is 0.312. The molecule has 120 valence electrons. The number of aryl methyl sites for hydroxylation is 1. The molecule has 23 heavy (non-hydrogen) atoms. The Morgan fingerprint density at radius 3 is 2.91 bits per heavy atom. The molecule has 0 saturated carbocycles. The first-order valence-electron chi connectivity index (χ1n) is 7.24. The number of hydrogen-bond donors (Lipinski definition) is 1. The number of rotatable bonds is 3. The Hall–Kier alpha value is -1.79. The first-order valence-corrected chi connectivity index (χ1v) is 8.60. The molecular formula is C16H16ClN3O2S. The fourth-order valence-corrected chi connectivity index (χ4v) is 3.86. The van der Waals surface area contributed by atoms with Gasteiger partial charge in [0.2, 0.25) is 5.91 Å². The number of carbonyl (C=O) groups is 1. The average Bonchev–Trinajstić information content (AvgIpc) is 2.90. The second kappa shape index (κ2) is 6.37. The summed E-state index contributed by atoms with van der Waals surface area (Å²) in [7, 11) is 0. The Morgan fingerprint density at radius 1 is 1.43 bits per heavy atom. The van der Waals surface area contributed by atoms with Gasteiger partial charge in [0.15, 0.2) is 5.16 Å². The molecule has 1 aromatic carbocycles. The minimum absolute atomic E-state index is 0.0620. The number of aromatic nitrogens is 2. The van der Waals surface area contributed by atoms with E-state index in [1.807, 2.05) is 13.0 Å². The van der Waals surface area contributed by atoms with Crippen molar-refractivity contribution in [3.63, 3.8) is 0 Å². The number of fused-ring (bicyclic) bond motifs is 1. The summed E-state index contributed by atoms with van der Waals surface area (Å²) in [4.78, 5) is 29.2. The van der Waals surface area contributed by atoms with Crippen LogP contribution in [0, 0.1) is 13.8 Å². The van der Waals surface area contributed by atoms with E-state index in [2.05, 4.69) is 10.3 Å². The van der Waals surface area contributed by atoms with E-state index in [1.54, 1.807) is 29.7 Å². The molecule has 1 aromatic heterocycles. The molecule has 1 amide bonds. The van der Waals surface area contributed by atoms with Gasteiger partial charge in [-0.15, -0.1) is 0 Å². The summed E-state index contributed by atoms with van der Waals surface area (Å²) in [5.74, 6) is 0.503. The summed E-state index contributed by atoms with van der Waals surface area (Å²) in [5, 5.41) is 3.98. The van der Waals surface area contributed by atoms with Crippen molar-refractivity contribution in [2.75, 3.05) is 11.1 Å². The SMILES string of the molecule is Cc1nc2n(c(=O)c1C)C(CC(=O)Nc1ccccc1Cl)CS2. The molecule has 0 saturated heterocycles. The number of nitrogens with one attached hydrogen (secondary N) is 1. The number of amides is 1. The van der Waals surface area contributed by atoms with Gasteiger partial charge in [0.05, 0.1) is 16.8 Å². The van der Waals surface area contributed by atoms with Crippen LogP contribution < -0.4 is 10.9 Å². The van der Waals surface area contributed by atoms with E-state index >= 15 is 0 Å². The maximum Gasteiger partial charge on any atom is 0.257 e. The molecule has 2 heterocycles. The molecule has 1 aliphatic rings. The van der Waals surface area contributed by atoms with Gasteiger partial charge in [-0.3, -0.25) is 14.2 Å². The normalized spacial score (nSPS) is 16.2. The molecular weight excluding hydrogens is 334 g/mol. The van der Waals surface area contributed by atoms with Crippen molar-refractivity contribution in [1.82, 2.24) is 9.55 Å². The number of halogens is 1. The maximum absolute atomic E-state index is 12.4.